The van der Waals surface area contributed by atoms with Gasteiger partial charge in [-0.25, -0.2) is 9.78 Å². The van der Waals surface area contributed by atoms with Crippen molar-refractivity contribution in [3.8, 4) is 11.5 Å². The molecule has 3 aromatic rings. The van der Waals surface area contributed by atoms with Crippen LogP contribution in [0.1, 0.15) is 21.6 Å². The van der Waals surface area contributed by atoms with E-state index >= 15 is 0 Å². The second-order valence-corrected chi connectivity index (χ2v) is 5.59. The smallest absolute Gasteiger partial charge is 0.335 e. The second kappa shape index (κ2) is 5.92. The number of H-pyrrole nitrogens is 1. The summed E-state index contributed by atoms with van der Waals surface area (Å²) in [6, 6.07) is 9.10. The monoisotopic (exact) mass is 352 g/mol. The van der Waals surface area contributed by atoms with Gasteiger partial charge in [-0.1, -0.05) is 0 Å². The number of nitrogens with zero attached hydrogens (tertiary/aromatic N) is 1. The molecule has 0 saturated carbocycles. The van der Waals surface area contributed by atoms with Crippen LogP contribution in [0, 0.1) is 0 Å². The molecule has 3 N–H and O–H groups in total. The van der Waals surface area contributed by atoms with Crippen LogP contribution in [0.2, 0.25) is 0 Å². The molecular weight excluding hydrogens is 340 g/mol. The number of hydrogen-bond acceptors (Lipinski definition) is 6. The number of hydrogen-bond donors (Lipinski definition) is 3. The molecule has 0 unspecified atom stereocenters. The number of aliphatic hydroxyl groups is 1. The first-order valence-electron chi connectivity index (χ1n) is 7.59. The Morgan fingerprint density at radius 3 is 2.65 bits per heavy atom. The Balaban J connectivity index is 1.75. The zero-order valence-electron chi connectivity index (χ0n) is 13.2. The molecule has 0 fully saturated rings. The standard InChI is InChI=1S/C18H12N2O6/c21-14(9-2-4-15-16(6-9)26-8-25-15)7-13-17(22)20-12-5-10(18(23)24)1-3-11(12)19-13/h1-7,21H,8H2,(H,20,22)(H,23,24)/b14-7-. The maximum absolute atomic E-state index is 12.2. The summed E-state index contributed by atoms with van der Waals surface area (Å²) in [6.07, 6.45) is 1.24. The lowest BCUT2D eigenvalue weighted by Gasteiger charge is -2.04. The molecule has 4 rings (SSSR count). The number of aromatic carboxylic acids is 1. The highest BCUT2D eigenvalue weighted by molar-refractivity contribution is 5.92. The first-order valence-corrected chi connectivity index (χ1v) is 7.59. The predicted octanol–water partition coefficient (Wildman–Crippen LogP) is 2.41. The van der Waals surface area contributed by atoms with Gasteiger partial charge in [-0.15, -0.1) is 0 Å². The Labute approximate surface area is 146 Å². The van der Waals surface area contributed by atoms with E-state index in [0.29, 0.717) is 28.1 Å². The minimum absolute atomic E-state index is 0.00394. The second-order valence-electron chi connectivity index (χ2n) is 5.59. The van der Waals surface area contributed by atoms with Gasteiger partial charge in [-0.3, -0.25) is 4.79 Å². The lowest BCUT2D eigenvalue weighted by Crippen LogP contribution is -2.12. The van der Waals surface area contributed by atoms with Gasteiger partial charge < -0.3 is 24.7 Å². The third kappa shape index (κ3) is 2.73. The molecular formula is C18H12N2O6. The molecule has 0 bridgehead atoms. The maximum atomic E-state index is 12.2. The molecule has 26 heavy (non-hydrogen) atoms. The van der Waals surface area contributed by atoms with Crippen LogP contribution >= 0.6 is 0 Å². The van der Waals surface area contributed by atoms with Crippen molar-refractivity contribution in [2.75, 3.05) is 6.79 Å². The summed E-state index contributed by atoms with van der Waals surface area (Å²) < 4.78 is 10.5. The number of aromatic nitrogens is 2. The topological polar surface area (TPSA) is 122 Å². The average Bonchev–Trinajstić information content (AvgIpc) is 3.09. The number of carboxylic acids is 1. The normalized spacial score (nSPS) is 13.2. The molecule has 8 heteroatoms. The van der Waals surface area contributed by atoms with Gasteiger partial charge in [0.2, 0.25) is 6.79 Å². The summed E-state index contributed by atoms with van der Waals surface area (Å²) in [4.78, 5) is 30.0. The van der Waals surface area contributed by atoms with Gasteiger partial charge in [0.15, 0.2) is 11.5 Å². The molecule has 130 valence electrons. The van der Waals surface area contributed by atoms with Gasteiger partial charge in [-0.05, 0) is 36.4 Å². The molecule has 2 heterocycles. The highest BCUT2D eigenvalue weighted by Gasteiger charge is 2.15. The van der Waals surface area contributed by atoms with E-state index in [-0.39, 0.29) is 23.8 Å². The third-order valence-electron chi connectivity index (χ3n) is 3.91. The minimum Gasteiger partial charge on any atom is -0.507 e. The number of nitrogens with one attached hydrogen (secondary N) is 1. The van der Waals surface area contributed by atoms with E-state index in [9.17, 15) is 14.7 Å². The number of aliphatic hydroxyl groups excluding tert-OH is 1. The van der Waals surface area contributed by atoms with E-state index in [0.717, 1.165) is 0 Å². The largest absolute Gasteiger partial charge is 0.507 e. The Hall–Kier alpha value is -3.81. The lowest BCUT2D eigenvalue weighted by atomic mass is 10.1. The molecule has 1 aliphatic heterocycles. The van der Waals surface area contributed by atoms with Gasteiger partial charge in [-0.2, -0.15) is 0 Å². The fraction of sp³-hybridized carbons (Fsp3) is 0.0556. The van der Waals surface area contributed by atoms with Crippen molar-refractivity contribution in [2.45, 2.75) is 0 Å². The van der Waals surface area contributed by atoms with Crippen molar-refractivity contribution in [1.29, 1.82) is 0 Å². The van der Waals surface area contributed by atoms with Gasteiger partial charge in [0, 0.05) is 11.6 Å². The number of rotatable bonds is 3. The zero-order chi connectivity index (χ0) is 18.3. The van der Waals surface area contributed by atoms with Crippen LogP contribution in [0.4, 0.5) is 0 Å². The Morgan fingerprint density at radius 1 is 1.08 bits per heavy atom. The third-order valence-corrected chi connectivity index (χ3v) is 3.91. The minimum atomic E-state index is -1.10. The van der Waals surface area contributed by atoms with E-state index in [1.807, 2.05) is 0 Å². The lowest BCUT2D eigenvalue weighted by molar-refractivity contribution is 0.0697. The summed E-state index contributed by atoms with van der Waals surface area (Å²) in [5.74, 6) is -0.179. The molecule has 0 aliphatic carbocycles. The Morgan fingerprint density at radius 2 is 1.85 bits per heavy atom. The van der Waals surface area contributed by atoms with Crippen molar-refractivity contribution in [3.05, 3.63) is 63.6 Å². The Kier molecular flexibility index (Phi) is 3.58. The number of fused-ring (bicyclic) bond motifs is 2. The summed E-state index contributed by atoms with van der Waals surface area (Å²) >= 11 is 0. The average molecular weight is 352 g/mol. The molecule has 0 atom stereocenters. The summed E-state index contributed by atoms with van der Waals surface area (Å²) in [5, 5.41) is 19.3. The molecule has 1 aliphatic rings. The SMILES string of the molecule is O=C(O)c1ccc2nc(/C=C(\O)c3ccc4c(c3)OCO4)c(=O)[nH]c2c1. The number of carboxylic acid groups (broad SMARTS) is 1. The number of benzene rings is 2. The van der Waals surface area contributed by atoms with Crippen molar-refractivity contribution in [3.63, 3.8) is 0 Å². The number of aromatic amines is 1. The first-order chi connectivity index (χ1) is 12.5. The van der Waals surface area contributed by atoms with Crippen LogP contribution in [0.3, 0.4) is 0 Å². The van der Waals surface area contributed by atoms with E-state index in [4.69, 9.17) is 14.6 Å². The van der Waals surface area contributed by atoms with E-state index in [1.54, 1.807) is 18.2 Å². The van der Waals surface area contributed by atoms with Crippen LogP contribution in [-0.2, 0) is 0 Å². The molecule has 0 spiro atoms. The van der Waals surface area contributed by atoms with Gasteiger partial charge >= 0.3 is 5.97 Å². The van der Waals surface area contributed by atoms with Gasteiger partial charge in [0.25, 0.3) is 5.56 Å². The molecule has 0 saturated heterocycles. The Bertz CT molecular complexity index is 1130. The fourth-order valence-electron chi connectivity index (χ4n) is 2.60. The quantitative estimate of drug-likeness (QED) is 0.619. The fourth-order valence-corrected chi connectivity index (χ4v) is 2.60. The zero-order valence-corrected chi connectivity index (χ0v) is 13.2. The predicted molar refractivity (Wildman–Crippen MR) is 92.4 cm³/mol. The van der Waals surface area contributed by atoms with Crippen LogP contribution < -0.4 is 15.0 Å². The molecule has 2 aromatic carbocycles. The highest BCUT2D eigenvalue weighted by Crippen LogP contribution is 2.34. The van der Waals surface area contributed by atoms with Crippen LogP contribution in [-0.4, -0.2) is 32.9 Å². The number of carbonyl (C=O) groups is 1. The van der Waals surface area contributed by atoms with E-state index in [1.165, 1.54) is 24.3 Å². The van der Waals surface area contributed by atoms with Crippen LogP contribution in [0.15, 0.2) is 41.2 Å². The van der Waals surface area contributed by atoms with Crippen LogP contribution in [0.5, 0.6) is 11.5 Å². The van der Waals surface area contributed by atoms with E-state index in [2.05, 4.69) is 9.97 Å². The summed E-state index contributed by atoms with van der Waals surface area (Å²) in [6.45, 7) is 0.119. The summed E-state index contributed by atoms with van der Waals surface area (Å²) in [7, 11) is 0. The van der Waals surface area contributed by atoms with Gasteiger partial charge in [0.05, 0.1) is 16.6 Å². The number of ether oxygens (including phenoxy) is 2. The van der Waals surface area contributed by atoms with Crippen molar-refractivity contribution in [2.24, 2.45) is 0 Å². The highest BCUT2D eigenvalue weighted by atomic mass is 16.7. The maximum Gasteiger partial charge on any atom is 0.335 e. The molecule has 8 nitrogen and oxygen atoms in total. The summed E-state index contributed by atoms with van der Waals surface area (Å²) in [5.41, 5.74) is 0.634. The molecule has 0 radical (unpaired) electrons. The van der Waals surface area contributed by atoms with Crippen molar-refractivity contribution >= 4 is 28.8 Å². The van der Waals surface area contributed by atoms with E-state index < -0.39 is 11.5 Å². The van der Waals surface area contributed by atoms with Gasteiger partial charge in [0.1, 0.15) is 11.5 Å². The van der Waals surface area contributed by atoms with Crippen LogP contribution in [0.25, 0.3) is 22.9 Å². The van der Waals surface area contributed by atoms with Crippen molar-refractivity contribution in [1.82, 2.24) is 9.97 Å². The first kappa shape index (κ1) is 15.7. The molecule has 1 aromatic heterocycles. The van der Waals surface area contributed by atoms with Crippen molar-refractivity contribution < 1.29 is 24.5 Å². The molecule has 0 amide bonds.